The summed E-state index contributed by atoms with van der Waals surface area (Å²) < 4.78 is 34.8. The molecule has 0 saturated carbocycles. The summed E-state index contributed by atoms with van der Waals surface area (Å²) in [4.78, 5) is 31.5. The molecule has 2 aliphatic heterocycles. The largest absolute Gasteiger partial charge is 0.454 e. The zero-order valence-corrected chi connectivity index (χ0v) is 25.3. The third-order valence-corrected chi connectivity index (χ3v) is 9.30. The molecule has 0 aliphatic carbocycles. The van der Waals surface area contributed by atoms with Gasteiger partial charge in [0.1, 0.15) is 5.75 Å². The van der Waals surface area contributed by atoms with Crippen LogP contribution < -0.4 is 9.46 Å². The van der Waals surface area contributed by atoms with E-state index in [0.717, 1.165) is 25.9 Å². The van der Waals surface area contributed by atoms with E-state index < -0.39 is 10.0 Å². The fraction of sp³-hybridized carbons (Fsp3) is 0.333. The Hall–Kier alpha value is -3.31. The van der Waals surface area contributed by atoms with Crippen LogP contribution in [0.5, 0.6) is 11.5 Å². The Morgan fingerprint density at radius 2 is 1.48 bits per heavy atom. The van der Waals surface area contributed by atoms with E-state index in [2.05, 4.69) is 9.62 Å². The molecular weight excluding hydrogens is 599 g/mol. The van der Waals surface area contributed by atoms with E-state index in [0.29, 0.717) is 49.1 Å². The Morgan fingerprint density at radius 1 is 0.786 bits per heavy atom. The number of anilines is 1. The van der Waals surface area contributed by atoms with Crippen molar-refractivity contribution >= 4 is 50.7 Å². The lowest BCUT2D eigenvalue weighted by Gasteiger charge is -2.36. The summed E-state index contributed by atoms with van der Waals surface area (Å²) in [6.07, 6.45) is 3.30. The van der Waals surface area contributed by atoms with Gasteiger partial charge in [-0.1, -0.05) is 35.3 Å². The molecule has 2 aliphatic rings. The minimum Gasteiger partial charge on any atom is -0.454 e. The first kappa shape index (κ1) is 30.2. The van der Waals surface area contributed by atoms with E-state index >= 15 is 0 Å². The van der Waals surface area contributed by atoms with Crippen LogP contribution in [0.25, 0.3) is 0 Å². The van der Waals surface area contributed by atoms with Crippen LogP contribution in [-0.2, 0) is 14.8 Å². The number of hydrogen-bond acceptors (Lipinski definition) is 6. The minimum absolute atomic E-state index is 0.000534. The van der Waals surface area contributed by atoms with Crippen molar-refractivity contribution in [2.45, 2.75) is 24.2 Å². The molecule has 1 N–H and O–H groups in total. The molecule has 9 nitrogen and oxygen atoms in total. The number of piperidine rings is 1. The molecule has 222 valence electrons. The number of nitrogens with one attached hydrogen (secondary N) is 1. The number of ether oxygens (including phenoxy) is 1. The van der Waals surface area contributed by atoms with Crippen LogP contribution in [0.15, 0.2) is 71.6 Å². The number of likely N-dealkylation sites (tertiary alicyclic amines) is 1. The van der Waals surface area contributed by atoms with Crippen molar-refractivity contribution in [2.75, 3.05) is 50.5 Å². The summed E-state index contributed by atoms with van der Waals surface area (Å²) in [6.45, 7) is 4.27. The molecule has 3 aromatic rings. The average molecular weight is 632 g/mol. The SMILES string of the molecule is O=C(CN1CCN(C(=O)c2ccc(S(=O)(=O)Nc3ccccc3Oc3ccc(Cl)cc3Cl)cc2)CC1)N1CCCCC1. The standard InChI is InChI=1S/C30H32Cl2N4O5S/c31-23-10-13-27(25(32)20-23)41-28-7-3-2-6-26(28)33-42(39,40)24-11-8-22(9-12-24)30(38)36-18-16-34(17-19-36)21-29(37)35-14-4-1-5-15-35/h2-3,6-13,20,33H,1,4-5,14-19,21H2. The van der Waals surface area contributed by atoms with Crippen LogP contribution in [0.1, 0.15) is 29.6 Å². The molecular formula is C30H32Cl2N4O5S. The highest BCUT2D eigenvalue weighted by atomic mass is 35.5. The van der Waals surface area contributed by atoms with Crippen molar-refractivity contribution in [3.63, 3.8) is 0 Å². The molecule has 0 spiro atoms. The van der Waals surface area contributed by atoms with Crippen molar-refractivity contribution in [3.05, 3.63) is 82.3 Å². The van der Waals surface area contributed by atoms with Gasteiger partial charge in [-0.3, -0.25) is 19.2 Å². The van der Waals surface area contributed by atoms with Gasteiger partial charge in [0.15, 0.2) is 5.75 Å². The van der Waals surface area contributed by atoms with Crippen molar-refractivity contribution in [2.24, 2.45) is 0 Å². The molecule has 42 heavy (non-hydrogen) atoms. The number of carbonyl (C=O) groups excluding carboxylic acids is 2. The van der Waals surface area contributed by atoms with Gasteiger partial charge in [-0.25, -0.2) is 8.42 Å². The maximum absolute atomic E-state index is 13.2. The number of piperazine rings is 1. The molecule has 5 rings (SSSR count). The number of hydrogen-bond donors (Lipinski definition) is 1. The van der Waals surface area contributed by atoms with E-state index in [1.54, 1.807) is 41.3 Å². The second-order valence-electron chi connectivity index (χ2n) is 10.3. The van der Waals surface area contributed by atoms with Gasteiger partial charge in [0.05, 0.1) is 22.2 Å². The summed E-state index contributed by atoms with van der Waals surface area (Å²) in [7, 11) is -3.99. The minimum atomic E-state index is -3.99. The highest BCUT2D eigenvalue weighted by Gasteiger charge is 2.26. The van der Waals surface area contributed by atoms with E-state index in [4.69, 9.17) is 27.9 Å². The third kappa shape index (κ3) is 7.36. The second-order valence-corrected chi connectivity index (χ2v) is 12.8. The number of rotatable bonds is 8. The van der Waals surface area contributed by atoms with Crippen LogP contribution in [0.4, 0.5) is 5.69 Å². The van der Waals surface area contributed by atoms with Crippen LogP contribution in [-0.4, -0.2) is 80.7 Å². The van der Waals surface area contributed by atoms with Gasteiger partial charge in [-0.05, 0) is 73.9 Å². The first-order chi connectivity index (χ1) is 20.2. The van der Waals surface area contributed by atoms with Gasteiger partial charge in [-0.15, -0.1) is 0 Å². The van der Waals surface area contributed by atoms with Gasteiger partial charge in [0.25, 0.3) is 15.9 Å². The number of nitrogens with zero attached hydrogens (tertiary/aromatic N) is 3. The quantitative estimate of drug-likeness (QED) is 0.360. The number of sulfonamides is 1. The Bertz CT molecular complexity index is 1540. The first-order valence-corrected chi connectivity index (χ1v) is 16.1. The van der Waals surface area contributed by atoms with Gasteiger partial charge < -0.3 is 14.5 Å². The molecule has 0 radical (unpaired) electrons. The third-order valence-electron chi connectivity index (χ3n) is 7.38. The summed E-state index contributed by atoms with van der Waals surface area (Å²) in [6, 6.07) is 17.2. The number of benzene rings is 3. The average Bonchev–Trinajstić information content (AvgIpc) is 3.00. The Balaban J connectivity index is 1.19. The number of carbonyl (C=O) groups is 2. The van der Waals surface area contributed by atoms with Gasteiger partial charge in [-0.2, -0.15) is 0 Å². The highest BCUT2D eigenvalue weighted by molar-refractivity contribution is 7.92. The fourth-order valence-electron chi connectivity index (χ4n) is 5.02. The predicted octanol–water partition coefficient (Wildman–Crippen LogP) is 5.36. The Morgan fingerprint density at radius 3 is 2.17 bits per heavy atom. The molecule has 12 heteroatoms. The molecule has 2 heterocycles. The number of halogens is 2. The van der Waals surface area contributed by atoms with Gasteiger partial charge >= 0.3 is 0 Å². The van der Waals surface area contributed by atoms with E-state index in [-0.39, 0.29) is 33.2 Å². The lowest BCUT2D eigenvalue weighted by molar-refractivity contribution is -0.133. The van der Waals surface area contributed by atoms with Crippen LogP contribution in [0.2, 0.25) is 10.0 Å². The molecule has 2 fully saturated rings. The lowest BCUT2D eigenvalue weighted by atomic mass is 10.1. The van der Waals surface area contributed by atoms with Crippen LogP contribution in [0, 0.1) is 0 Å². The van der Waals surface area contributed by atoms with Gasteiger partial charge in [0.2, 0.25) is 5.91 Å². The predicted molar refractivity (Wildman–Crippen MR) is 163 cm³/mol. The molecule has 2 saturated heterocycles. The molecule has 0 atom stereocenters. The summed E-state index contributed by atoms with van der Waals surface area (Å²) in [5.74, 6) is 0.564. The zero-order chi connectivity index (χ0) is 29.7. The number of amides is 2. The normalized spacial score (nSPS) is 16.2. The van der Waals surface area contributed by atoms with E-state index in [1.165, 1.54) is 36.8 Å². The van der Waals surface area contributed by atoms with Crippen LogP contribution in [0.3, 0.4) is 0 Å². The maximum atomic E-state index is 13.2. The summed E-state index contributed by atoms with van der Waals surface area (Å²) in [5.41, 5.74) is 0.619. The molecule has 0 bridgehead atoms. The molecule has 3 aromatic carbocycles. The first-order valence-electron chi connectivity index (χ1n) is 13.8. The number of para-hydroxylation sites is 2. The maximum Gasteiger partial charge on any atom is 0.262 e. The second kappa shape index (κ2) is 13.3. The van der Waals surface area contributed by atoms with Gasteiger partial charge in [0, 0.05) is 49.9 Å². The van der Waals surface area contributed by atoms with Crippen molar-refractivity contribution in [3.8, 4) is 11.5 Å². The van der Waals surface area contributed by atoms with Crippen molar-refractivity contribution in [1.82, 2.24) is 14.7 Å². The van der Waals surface area contributed by atoms with Crippen LogP contribution >= 0.6 is 23.2 Å². The van der Waals surface area contributed by atoms with Crippen molar-refractivity contribution < 1.29 is 22.7 Å². The molecule has 0 unspecified atom stereocenters. The molecule has 2 amide bonds. The Kier molecular flexibility index (Phi) is 9.57. The highest BCUT2D eigenvalue weighted by Crippen LogP contribution is 2.35. The molecule has 0 aromatic heterocycles. The Labute approximate surface area is 256 Å². The zero-order valence-electron chi connectivity index (χ0n) is 23.0. The van der Waals surface area contributed by atoms with E-state index in [1.807, 2.05) is 4.90 Å². The topological polar surface area (TPSA) is 99.3 Å². The summed E-state index contributed by atoms with van der Waals surface area (Å²) >= 11 is 12.2. The smallest absolute Gasteiger partial charge is 0.262 e. The summed E-state index contributed by atoms with van der Waals surface area (Å²) in [5, 5.41) is 0.734. The van der Waals surface area contributed by atoms with Crippen molar-refractivity contribution in [1.29, 1.82) is 0 Å². The monoisotopic (exact) mass is 630 g/mol. The lowest BCUT2D eigenvalue weighted by Crippen LogP contribution is -2.52. The fourth-order valence-corrected chi connectivity index (χ4v) is 6.54. The van der Waals surface area contributed by atoms with E-state index in [9.17, 15) is 18.0 Å².